The average Bonchev–Trinajstić information content (AvgIpc) is 2.61. The van der Waals surface area contributed by atoms with E-state index in [1.807, 2.05) is 26.0 Å². The Morgan fingerprint density at radius 2 is 2.12 bits per heavy atom. The Hall–Kier alpha value is -0.330. The van der Waals surface area contributed by atoms with Crippen molar-refractivity contribution in [2.75, 3.05) is 0 Å². The van der Waals surface area contributed by atoms with Crippen molar-refractivity contribution in [2.45, 2.75) is 24.8 Å². The maximum atomic E-state index is 11.0. The maximum absolute atomic E-state index is 11.0. The van der Waals surface area contributed by atoms with Crippen molar-refractivity contribution in [1.29, 1.82) is 0 Å². The molecule has 1 aromatic heterocycles. The van der Waals surface area contributed by atoms with Crippen molar-refractivity contribution in [2.24, 2.45) is 0 Å². The number of aromatic amines is 1. The fourth-order valence-corrected chi connectivity index (χ4v) is 2.14. The number of fused-ring (bicyclic) bond motifs is 1. The van der Waals surface area contributed by atoms with Gasteiger partial charge in [0.15, 0.2) is 0 Å². The summed E-state index contributed by atoms with van der Waals surface area (Å²) in [7, 11) is 0. The molecule has 4 nitrogen and oxygen atoms in total. The first kappa shape index (κ1) is 14.7. The first-order valence-corrected chi connectivity index (χ1v) is 6.03. The standard InChI is InChI=1S/C11H13NO3S.Na/c1-7(2)15-9-5-3-4-8-11(9)10(6-12-8)16(13)14;/h3-7,12H,1-2H3,(H,13,14);/q;+1/p-1. The second-order valence-corrected chi connectivity index (χ2v) is 4.64. The third kappa shape index (κ3) is 3.11. The molecular formula is C11H12NNaO3S. The summed E-state index contributed by atoms with van der Waals surface area (Å²) < 4.78 is 27.7. The molecule has 0 saturated heterocycles. The van der Waals surface area contributed by atoms with Crippen LogP contribution in [0.4, 0.5) is 0 Å². The molecular weight excluding hydrogens is 249 g/mol. The third-order valence-corrected chi connectivity index (χ3v) is 2.85. The molecule has 2 aromatic rings. The molecule has 0 saturated carbocycles. The number of ether oxygens (including phenoxy) is 1. The van der Waals surface area contributed by atoms with Crippen molar-refractivity contribution >= 4 is 22.0 Å². The molecule has 0 bridgehead atoms. The number of hydrogen-bond acceptors (Lipinski definition) is 3. The van der Waals surface area contributed by atoms with Gasteiger partial charge in [0.2, 0.25) is 0 Å². The van der Waals surface area contributed by atoms with Crippen LogP contribution in [0.1, 0.15) is 13.8 Å². The van der Waals surface area contributed by atoms with Crippen LogP contribution in [0.2, 0.25) is 0 Å². The first-order valence-electron chi connectivity index (χ1n) is 4.95. The minimum Gasteiger partial charge on any atom is -0.768 e. The second kappa shape index (κ2) is 6.02. The van der Waals surface area contributed by atoms with Crippen molar-refractivity contribution in [3.05, 3.63) is 24.4 Å². The summed E-state index contributed by atoms with van der Waals surface area (Å²) in [6, 6.07) is 5.42. The molecule has 17 heavy (non-hydrogen) atoms. The molecule has 0 aliphatic rings. The van der Waals surface area contributed by atoms with Gasteiger partial charge in [0.05, 0.1) is 21.9 Å². The number of hydrogen-bond donors (Lipinski definition) is 1. The predicted octanol–water partition coefficient (Wildman–Crippen LogP) is -0.803. The topological polar surface area (TPSA) is 65.2 Å². The molecule has 6 heteroatoms. The van der Waals surface area contributed by atoms with Gasteiger partial charge in [0.25, 0.3) is 0 Å². The van der Waals surface area contributed by atoms with Crippen LogP contribution in [0.25, 0.3) is 10.9 Å². The van der Waals surface area contributed by atoms with E-state index < -0.39 is 11.1 Å². The Labute approximate surface area is 124 Å². The average molecular weight is 261 g/mol. The summed E-state index contributed by atoms with van der Waals surface area (Å²) in [5, 5.41) is 0.615. The zero-order valence-electron chi connectivity index (χ0n) is 10.0. The van der Waals surface area contributed by atoms with Crippen LogP contribution in [-0.4, -0.2) is 19.8 Å². The van der Waals surface area contributed by atoms with Gasteiger partial charge in [-0.05, 0) is 37.1 Å². The molecule has 1 N–H and O–H groups in total. The third-order valence-electron chi connectivity index (χ3n) is 2.17. The molecule has 1 heterocycles. The SMILES string of the molecule is CC(C)Oc1cccc2[nH]cc(S(=O)[O-])c12.[Na+]. The fraction of sp³-hybridized carbons (Fsp3) is 0.273. The van der Waals surface area contributed by atoms with Gasteiger partial charge in [0, 0.05) is 6.20 Å². The van der Waals surface area contributed by atoms with Gasteiger partial charge in [-0.2, -0.15) is 0 Å². The van der Waals surface area contributed by atoms with Crippen molar-refractivity contribution in [3.63, 3.8) is 0 Å². The molecule has 0 aliphatic heterocycles. The Balaban J connectivity index is 0.00000144. The van der Waals surface area contributed by atoms with Gasteiger partial charge in [0.1, 0.15) is 5.75 Å². The maximum Gasteiger partial charge on any atom is 1.00 e. The predicted molar refractivity (Wildman–Crippen MR) is 61.2 cm³/mol. The zero-order chi connectivity index (χ0) is 11.7. The molecule has 86 valence electrons. The molecule has 0 spiro atoms. The summed E-state index contributed by atoms with van der Waals surface area (Å²) in [4.78, 5) is 3.15. The monoisotopic (exact) mass is 261 g/mol. The van der Waals surface area contributed by atoms with E-state index >= 15 is 0 Å². The number of rotatable bonds is 3. The number of aromatic nitrogens is 1. The zero-order valence-corrected chi connectivity index (χ0v) is 12.8. The van der Waals surface area contributed by atoms with Crippen LogP contribution >= 0.6 is 0 Å². The van der Waals surface area contributed by atoms with Crippen LogP contribution in [0.3, 0.4) is 0 Å². The Bertz CT molecular complexity index is 538. The van der Waals surface area contributed by atoms with Crippen molar-refractivity contribution in [1.82, 2.24) is 4.98 Å². The smallest absolute Gasteiger partial charge is 0.768 e. The molecule has 0 amide bonds. The summed E-state index contributed by atoms with van der Waals surface area (Å²) >= 11 is -2.26. The van der Waals surface area contributed by atoms with E-state index in [9.17, 15) is 8.76 Å². The van der Waals surface area contributed by atoms with Gasteiger partial charge in [-0.15, -0.1) is 0 Å². The van der Waals surface area contributed by atoms with Gasteiger partial charge < -0.3 is 14.3 Å². The summed E-state index contributed by atoms with van der Waals surface area (Å²) in [6.07, 6.45) is 1.48. The van der Waals surface area contributed by atoms with Crippen LogP contribution in [0, 0.1) is 0 Å². The Kier molecular flexibility index (Phi) is 5.22. The molecule has 1 atom stereocenters. The molecule has 1 unspecified atom stereocenters. The first-order chi connectivity index (χ1) is 7.59. The molecule has 0 aliphatic carbocycles. The number of H-pyrrole nitrogens is 1. The minimum atomic E-state index is -2.26. The molecule has 2 rings (SSSR count). The van der Waals surface area contributed by atoms with E-state index in [-0.39, 0.29) is 40.6 Å². The largest absolute Gasteiger partial charge is 1.00 e. The van der Waals surface area contributed by atoms with E-state index in [1.54, 1.807) is 6.07 Å². The molecule has 1 aromatic carbocycles. The fourth-order valence-electron chi connectivity index (χ4n) is 1.60. The second-order valence-electron chi connectivity index (χ2n) is 3.73. The Morgan fingerprint density at radius 3 is 2.71 bits per heavy atom. The Morgan fingerprint density at radius 1 is 1.41 bits per heavy atom. The summed E-state index contributed by atoms with van der Waals surface area (Å²) in [5.41, 5.74) is 0.761. The molecule has 0 fully saturated rings. The van der Waals surface area contributed by atoms with E-state index in [4.69, 9.17) is 4.74 Å². The van der Waals surface area contributed by atoms with Crippen molar-refractivity contribution in [3.8, 4) is 5.75 Å². The summed E-state index contributed by atoms with van der Waals surface area (Å²) in [6.45, 7) is 3.80. The van der Waals surface area contributed by atoms with Gasteiger partial charge in [-0.25, -0.2) is 0 Å². The number of nitrogens with one attached hydrogen (secondary N) is 1. The van der Waals surface area contributed by atoms with Gasteiger partial charge in [-0.1, -0.05) is 6.07 Å². The van der Waals surface area contributed by atoms with E-state index in [1.165, 1.54) is 6.20 Å². The normalized spacial score (nSPS) is 12.5. The van der Waals surface area contributed by atoms with Gasteiger partial charge >= 0.3 is 29.6 Å². The minimum absolute atomic E-state index is 0. The van der Waals surface area contributed by atoms with Crippen LogP contribution in [-0.2, 0) is 11.1 Å². The quantitative estimate of drug-likeness (QED) is 0.581. The van der Waals surface area contributed by atoms with Crippen LogP contribution in [0.5, 0.6) is 5.75 Å². The van der Waals surface area contributed by atoms with Crippen molar-refractivity contribution < 1.29 is 43.1 Å². The van der Waals surface area contributed by atoms with Crippen LogP contribution in [0.15, 0.2) is 29.3 Å². The van der Waals surface area contributed by atoms with E-state index in [2.05, 4.69) is 4.98 Å². The summed E-state index contributed by atoms with van der Waals surface area (Å²) in [5.74, 6) is 0.591. The van der Waals surface area contributed by atoms with Crippen LogP contribution < -0.4 is 34.3 Å². The van der Waals surface area contributed by atoms with E-state index in [0.29, 0.717) is 11.1 Å². The van der Waals surface area contributed by atoms with Gasteiger partial charge in [-0.3, -0.25) is 4.21 Å². The van der Waals surface area contributed by atoms with E-state index in [0.717, 1.165) is 5.52 Å². The molecule has 0 radical (unpaired) electrons. The number of benzene rings is 1.